The minimum Gasteiger partial charge on any atom is -0.421 e. The van der Waals surface area contributed by atoms with Crippen LogP contribution >= 0.6 is 11.6 Å². The molecular formula is C81H77ClF12N6O8S4. The van der Waals surface area contributed by atoms with Crippen molar-refractivity contribution in [3.8, 4) is 0 Å². The SMILES string of the molecule is CN1/C(=C/C=C/C=C/C=C/C2=[N+](C)c3ccc4ccccc4c3C2(C)C)C(C)(C)c2c1ccc1ccccc21.CN1/C(=C/C=C2\CCCC(/C=C/C3=[N+](C)c4ccc5ccccc5c4C3(C)C)=C2Cl)C(C)(C)c2c1ccc1ccccc21.O=S(=O)([N-]S(=O)(=O)C(F)(F)F)C(F)(F)F.O=S(=O)([N-]S(=O)(=O)C(F)(F)F)C(F)(F)F. The number of fused-ring (bicyclic) bond motifs is 12. The zero-order valence-electron chi connectivity index (χ0n) is 62.3. The highest BCUT2D eigenvalue weighted by atomic mass is 35.5. The van der Waals surface area contributed by atoms with Crippen molar-refractivity contribution in [2.45, 2.75) is 118 Å². The maximum atomic E-state index is 11.4. The molecule has 0 saturated heterocycles. The third kappa shape index (κ3) is 16.2. The van der Waals surface area contributed by atoms with Crippen LogP contribution in [0.1, 0.15) is 96.9 Å². The predicted octanol–water partition coefficient (Wildman–Crippen LogP) is 21.6. The van der Waals surface area contributed by atoms with Crippen molar-refractivity contribution >= 4 is 129 Å². The number of allylic oxidation sites excluding steroid dienone is 16. The molecule has 0 bridgehead atoms. The molecule has 31 heteroatoms. The first-order chi connectivity index (χ1) is 51.7. The van der Waals surface area contributed by atoms with Gasteiger partial charge in [0.2, 0.25) is 11.4 Å². The molecular weight excluding hydrogens is 1580 g/mol. The minimum atomic E-state index is -6.72. The number of halogens is 13. The third-order valence-corrected chi connectivity index (χ3v) is 26.4. The zero-order chi connectivity index (χ0) is 82.9. The fraction of sp³-hybridized carbons (Fsp3) is 0.284. The van der Waals surface area contributed by atoms with Gasteiger partial charge >= 0.3 is 22.0 Å². The van der Waals surface area contributed by atoms with Gasteiger partial charge in [0, 0.05) is 88.1 Å². The van der Waals surface area contributed by atoms with Crippen molar-refractivity contribution in [3.63, 3.8) is 0 Å². The highest BCUT2D eigenvalue weighted by molar-refractivity contribution is 8.13. The van der Waals surface area contributed by atoms with Crippen LogP contribution in [0.4, 0.5) is 75.4 Å². The van der Waals surface area contributed by atoms with Gasteiger partial charge in [-0.25, -0.2) is 33.7 Å². The second kappa shape index (κ2) is 30.6. The largest absolute Gasteiger partial charge is 0.480 e. The van der Waals surface area contributed by atoms with Crippen LogP contribution in [0, 0.1) is 0 Å². The van der Waals surface area contributed by atoms with Crippen LogP contribution in [-0.2, 0) is 61.8 Å². The number of nitrogens with zero attached hydrogens (tertiary/aromatic N) is 6. The quantitative estimate of drug-likeness (QED) is 0.0688. The molecule has 594 valence electrons. The average molecular weight is 1650 g/mol. The first-order valence-corrected chi connectivity index (χ1v) is 40.6. The molecule has 0 fully saturated rings. The van der Waals surface area contributed by atoms with Gasteiger partial charge in [0.15, 0.2) is 51.5 Å². The third-order valence-electron chi connectivity index (χ3n) is 20.4. The Morgan fingerprint density at radius 2 is 0.705 bits per heavy atom. The van der Waals surface area contributed by atoms with E-state index in [1.165, 1.54) is 122 Å². The average Bonchev–Trinajstić information content (AvgIpc) is 1.59. The molecule has 8 aromatic rings. The van der Waals surface area contributed by atoms with Gasteiger partial charge in [0.1, 0.15) is 14.1 Å². The van der Waals surface area contributed by atoms with Gasteiger partial charge in [-0.05, 0) is 149 Å². The highest BCUT2D eigenvalue weighted by Crippen LogP contribution is 2.53. The van der Waals surface area contributed by atoms with Crippen LogP contribution in [0.5, 0.6) is 0 Å². The summed E-state index contributed by atoms with van der Waals surface area (Å²) in [6.07, 6.45) is 27.5. The molecule has 0 N–H and O–H groups in total. The van der Waals surface area contributed by atoms with Gasteiger partial charge in [-0.3, -0.25) is 0 Å². The summed E-state index contributed by atoms with van der Waals surface area (Å²) in [7, 11) is -18.1. The lowest BCUT2D eigenvalue weighted by molar-refractivity contribution is -0.401. The minimum absolute atomic E-state index is 0.0621. The van der Waals surface area contributed by atoms with Crippen LogP contribution in [0.2, 0.25) is 0 Å². The van der Waals surface area contributed by atoms with Crippen LogP contribution < -0.4 is 9.80 Å². The molecule has 14 nitrogen and oxygen atoms in total. The summed E-state index contributed by atoms with van der Waals surface area (Å²) in [6.45, 7) is 18.7. The fourth-order valence-corrected chi connectivity index (χ4v) is 19.0. The summed E-state index contributed by atoms with van der Waals surface area (Å²) in [5, 5.41) is 11.5. The first kappa shape index (κ1) is 85.3. The van der Waals surface area contributed by atoms with Gasteiger partial charge < -0.3 is 18.1 Å². The normalized spacial score (nSPS) is 18.9. The molecule has 0 atom stereocenters. The number of sulfonamides is 4. The monoisotopic (exact) mass is 1650 g/mol. The maximum absolute atomic E-state index is 11.4. The second-order valence-corrected chi connectivity index (χ2v) is 36.2. The Labute approximate surface area is 647 Å². The van der Waals surface area contributed by atoms with E-state index < -0.39 is 62.1 Å². The van der Waals surface area contributed by atoms with E-state index in [1.54, 1.807) is 0 Å². The van der Waals surface area contributed by atoms with Gasteiger partial charge in [-0.1, -0.05) is 191 Å². The molecule has 0 saturated carbocycles. The van der Waals surface area contributed by atoms with E-state index in [9.17, 15) is 86.4 Å². The lowest BCUT2D eigenvalue weighted by Gasteiger charge is -2.25. The highest BCUT2D eigenvalue weighted by Gasteiger charge is 2.50. The number of benzene rings is 8. The molecule has 13 rings (SSSR count). The van der Waals surface area contributed by atoms with Gasteiger partial charge in [0.25, 0.3) is 0 Å². The molecule has 8 aromatic carbocycles. The fourth-order valence-electron chi connectivity index (χ4n) is 15.3. The van der Waals surface area contributed by atoms with E-state index in [2.05, 4.69) is 315 Å². The molecule has 5 aliphatic rings. The van der Waals surface area contributed by atoms with E-state index in [4.69, 9.17) is 11.6 Å². The summed E-state index contributed by atoms with van der Waals surface area (Å²) in [6, 6.07) is 52.9. The van der Waals surface area contributed by atoms with Crippen LogP contribution in [0.15, 0.2) is 240 Å². The molecule has 0 aromatic heterocycles. The van der Waals surface area contributed by atoms with Crippen LogP contribution in [0.3, 0.4) is 0 Å². The first-order valence-electron chi connectivity index (χ1n) is 34.5. The number of likely N-dealkylation sites (N-methyl/N-ethyl adjacent to an activating group) is 2. The topological polar surface area (TPSA) is 177 Å². The van der Waals surface area contributed by atoms with Crippen molar-refractivity contribution in [1.82, 2.24) is 0 Å². The smallest absolute Gasteiger partial charge is 0.421 e. The molecule has 0 spiro atoms. The molecule has 0 amide bonds. The Hall–Kier alpha value is -9.17. The van der Waals surface area contributed by atoms with Crippen LogP contribution in [-0.4, -0.2) is 104 Å². The molecule has 112 heavy (non-hydrogen) atoms. The summed E-state index contributed by atoms with van der Waals surface area (Å²) < 4.78 is 223. The molecule has 4 aliphatic heterocycles. The van der Waals surface area contributed by atoms with Crippen molar-refractivity contribution in [2.75, 3.05) is 38.0 Å². The second-order valence-electron chi connectivity index (χ2n) is 29.0. The number of alkyl halides is 12. The van der Waals surface area contributed by atoms with Crippen LogP contribution in [0.25, 0.3) is 51.3 Å². The maximum Gasteiger partial charge on any atom is 0.480 e. The Morgan fingerprint density at radius 1 is 0.384 bits per heavy atom. The van der Waals surface area contributed by atoms with Crippen molar-refractivity contribution in [2.24, 2.45) is 0 Å². The van der Waals surface area contributed by atoms with Gasteiger partial charge in [-0.15, -0.1) is 0 Å². The predicted molar refractivity (Wildman–Crippen MR) is 421 cm³/mol. The lowest BCUT2D eigenvalue weighted by atomic mass is 9.79. The van der Waals surface area contributed by atoms with E-state index in [0.717, 1.165) is 32.5 Å². The number of rotatable bonds is 11. The van der Waals surface area contributed by atoms with Crippen molar-refractivity contribution < 1.29 is 95.5 Å². The number of hydrogen-bond donors (Lipinski definition) is 0. The number of anilines is 2. The molecule has 4 heterocycles. The molecule has 0 unspecified atom stereocenters. The Bertz CT molecular complexity index is 5800. The van der Waals surface area contributed by atoms with Crippen molar-refractivity contribution in [3.05, 3.63) is 271 Å². The Morgan fingerprint density at radius 3 is 1.08 bits per heavy atom. The summed E-state index contributed by atoms with van der Waals surface area (Å²) in [5.41, 5.74) is -6.68. The van der Waals surface area contributed by atoms with Gasteiger partial charge in [-0.2, -0.15) is 61.8 Å². The summed E-state index contributed by atoms with van der Waals surface area (Å²) in [4.78, 5) is 4.70. The van der Waals surface area contributed by atoms with E-state index in [-0.39, 0.29) is 21.7 Å². The molecule has 0 radical (unpaired) electrons. The number of hydrogen-bond acceptors (Lipinski definition) is 10. The van der Waals surface area contributed by atoms with Crippen molar-refractivity contribution in [1.29, 1.82) is 0 Å². The Balaban J connectivity index is 0.000000176. The van der Waals surface area contributed by atoms with E-state index in [1.807, 2.05) is 0 Å². The summed E-state index contributed by atoms with van der Waals surface area (Å²) >= 11 is 7.16. The van der Waals surface area contributed by atoms with Gasteiger partial charge in [0.05, 0.1) is 10.8 Å². The zero-order valence-corrected chi connectivity index (χ0v) is 66.3. The Kier molecular flexibility index (Phi) is 23.3. The standard InChI is InChI=1S/C40H40ClN2.C37H37N2.2C2F6NO4S2/c1-39(2)34(42(5)32-22-18-26-12-7-9-16-30(26)36(32)39)24-20-28-14-11-15-29(38(28)41)21-25-35-40(3,4)37-31-17-10-8-13-27(31)19-23-33(37)43(35)6;1-36(2)32(38(5)30-24-22-26-16-12-14-18-28(26)34(30)36)20-10-8-7-9-11-21-33-37(3,4)35-29-19-15-13-17-27(29)23-25-31(35)39(33)6;2*3-1(4,5)14(10,11)9-15(12,13)2(6,7)8/h7-10,12-13,16-25H,11,14-15H2,1-6H3;7-25H,1-6H3;;/q2*+1;2*-1. The molecule has 1 aliphatic carbocycles. The lowest BCUT2D eigenvalue weighted by Crippen LogP contribution is -2.30. The van der Waals surface area contributed by atoms with E-state index >= 15 is 0 Å². The summed E-state index contributed by atoms with van der Waals surface area (Å²) in [5.74, 6) is 0. The van der Waals surface area contributed by atoms with E-state index in [0.29, 0.717) is 0 Å².